The molecule has 1 amide bonds. The molecule has 1 heterocycles. The highest BCUT2D eigenvalue weighted by molar-refractivity contribution is 5.88. The zero-order valence-corrected chi connectivity index (χ0v) is 16.1. The van der Waals surface area contributed by atoms with Crippen molar-refractivity contribution in [2.45, 2.75) is 19.3 Å². The Bertz CT molecular complexity index is 917. The molecule has 0 aliphatic carbocycles. The van der Waals surface area contributed by atoms with E-state index in [9.17, 15) is 4.79 Å². The van der Waals surface area contributed by atoms with Gasteiger partial charge in [0.1, 0.15) is 0 Å². The van der Waals surface area contributed by atoms with E-state index in [0.29, 0.717) is 6.42 Å². The maximum atomic E-state index is 12.6. The molecule has 0 spiro atoms. The molecule has 0 saturated heterocycles. The van der Waals surface area contributed by atoms with Gasteiger partial charge in [0.05, 0.1) is 20.6 Å². The van der Waals surface area contributed by atoms with Gasteiger partial charge >= 0.3 is 0 Å². The van der Waals surface area contributed by atoms with Crippen LogP contribution in [-0.2, 0) is 17.6 Å². The Kier molecular flexibility index (Phi) is 6.01. The van der Waals surface area contributed by atoms with Gasteiger partial charge in [0, 0.05) is 30.7 Å². The van der Waals surface area contributed by atoms with Crippen molar-refractivity contribution in [2.24, 2.45) is 0 Å². The molecule has 27 heavy (non-hydrogen) atoms. The Morgan fingerprint density at radius 1 is 1.07 bits per heavy atom. The molecule has 0 radical (unpaired) electrons. The summed E-state index contributed by atoms with van der Waals surface area (Å²) in [4.78, 5) is 17.6. The summed E-state index contributed by atoms with van der Waals surface area (Å²) in [6, 6.07) is 14.0. The van der Waals surface area contributed by atoms with Crippen LogP contribution in [0.1, 0.15) is 17.5 Å². The van der Waals surface area contributed by atoms with Crippen LogP contribution in [0.5, 0.6) is 11.5 Å². The predicted molar refractivity (Wildman–Crippen MR) is 108 cm³/mol. The molecule has 5 nitrogen and oxygen atoms in total. The monoisotopic (exact) mass is 366 g/mol. The number of para-hydroxylation sites is 1. The molecule has 0 aliphatic rings. The molecule has 0 bridgehead atoms. The topological polar surface area (TPSA) is 54.6 Å². The van der Waals surface area contributed by atoms with Crippen molar-refractivity contribution in [3.63, 3.8) is 0 Å². The lowest BCUT2D eigenvalue weighted by Crippen LogP contribution is -2.29. The minimum absolute atomic E-state index is 0.132. The summed E-state index contributed by atoms with van der Waals surface area (Å²) in [5.74, 6) is 1.60. The van der Waals surface area contributed by atoms with E-state index in [0.717, 1.165) is 47.4 Å². The largest absolute Gasteiger partial charge is 0.493 e. The molecule has 1 N–H and O–H groups in total. The fraction of sp³-hybridized carbons (Fsp3) is 0.318. The van der Waals surface area contributed by atoms with E-state index in [1.165, 1.54) is 5.56 Å². The van der Waals surface area contributed by atoms with Gasteiger partial charge in [-0.05, 0) is 42.2 Å². The van der Waals surface area contributed by atoms with Gasteiger partial charge in [-0.2, -0.15) is 0 Å². The Morgan fingerprint density at radius 3 is 2.63 bits per heavy atom. The van der Waals surface area contributed by atoms with Gasteiger partial charge in [0.2, 0.25) is 5.91 Å². The van der Waals surface area contributed by atoms with Crippen molar-refractivity contribution in [3.05, 3.63) is 59.8 Å². The Labute approximate surface area is 159 Å². The molecule has 5 heteroatoms. The summed E-state index contributed by atoms with van der Waals surface area (Å²) in [5.41, 5.74) is 3.28. The fourth-order valence-electron chi connectivity index (χ4n) is 3.26. The van der Waals surface area contributed by atoms with Crippen molar-refractivity contribution >= 4 is 16.8 Å². The number of hydrogen-bond acceptors (Lipinski definition) is 3. The van der Waals surface area contributed by atoms with Crippen LogP contribution in [0.25, 0.3) is 10.9 Å². The third kappa shape index (κ3) is 4.42. The molecule has 142 valence electrons. The summed E-state index contributed by atoms with van der Waals surface area (Å²) in [7, 11) is 5.14. The molecular formula is C22H26N2O3. The van der Waals surface area contributed by atoms with Crippen molar-refractivity contribution < 1.29 is 14.3 Å². The average Bonchev–Trinajstić information content (AvgIpc) is 3.10. The van der Waals surface area contributed by atoms with Gasteiger partial charge in [-0.3, -0.25) is 4.79 Å². The van der Waals surface area contributed by atoms with Gasteiger partial charge in [0.15, 0.2) is 11.5 Å². The molecule has 0 atom stereocenters. The second-order valence-corrected chi connectivity index (χ2v) is 6.64. The summed E-state index contributed by atoms with van der Waals surface area (Å²) in [5, 5.41) is 1.12. The minimum Gasteiger partial charge on any atom is -0.493 e. The number of hydrogen-bond donors (Lipinski definition) is 1. The van der Waals surface area contributed by atoms with E-state index < -0.39 is 0 Å². The van der Waals surface area contributed by atoms with Gasteiger partial charge in [0.25, 0.3) is 0 Å². The first-order valence-electron chi connectivity index (χ1n) is 9.12. The molecule has 3 rings (SSSR count). The molecule has 1 aromatic heterocycles. The third-order valence-electron chi connectivity index (χ3n) is 4.85. The second kappa shape index (κ2) is 8.62. The van der Waals surface area contributed by atoms with Crippen molar-refractivity contribution in [1.82, 2.24) is 9.88 Å². The van der Waals surface area contributed by atoms with Crippen LogP contribution in [0.3, 0.4) is 0 Å². The second-order valence-electron chi connectivity index (χ2n) is 6.64. The van der Waals surface area contributed by atoms with Crippen molar-refractivity contribution in [2.75, 3.05) is 27.8 Å². The summed E-state index contributed by atoms with van der Waals surface area (Å²) >= 11 is 0. The number of H-pyrrole nitrogens is 1. The van der Waals surface area contributed by atoms with Gasteiger partial charge in [-0.1, -0.05) is 24.3 Å². The first-order chi connectivity index (χ1) is 13.1. The predicted octanol–water partition coefficient (Wildman–Crippen LogP) is 3.82. The number of ether oxygens (including phenoxy) is 2. The third-order valence-corrected chi connectivity index (χ3v) is 4.85. The first kappa shape index (κ1) is 18.8. The molecule has 2 aromatic carbocycles. The Hall–Kier alpha value is -2.95. The van der Waals surface area contributed by atoms with E-state index in [1.54, 1.807) is 14.2 Å². The zero-order chi connectivity index (χ0) is 19.2. The lowest BCUT2D eigenvalue weighted by molar-refractivity contribution is -0.129. The number of likely N-dealkylation sites (N-methyl/N-ethyl adjacent to an activating group) is 1. The highest BCUT2D eigenvalue weighted by atomic mass is 16.5. The summed E-state index contributed by atoms with van der Waals surface area (Å²) in [6.45, 7) is 0.718. The number of carbonyl (C=O) groups excluding carboxylic acids is 1. The van der Waals surface area contributed by atoms with E-state index in [2.05, 4.69) is 4.98 Å². The first-order valence-corrected chi connectivity index (χ1v) is 9.12. The Morgan fingerprint density at radius 2 is 1.85 bits per heavy atom. The van der Waals surface area contributed by atoms with Crippen LogP contribution < -0.4 is 9.47 Å². The molecule has 0 aliphatic heterocycles. The van der Waals surface area contributed by atoms with Crippen LogP contribution in [-0.4, -0.2) is 43.6 Å². The lowest BCUT2D eigenvalue weighted by Gasteiger charge is -2.17. The van der Waals surface area contributed by atoms with E-state index in [-0.39, 0.29) is 5.91 Å². The van der Waals surface area contributed by atoms with Crippen LogP contribution in [0.4, 0.5) is 0 Å². The van der Waals surface area contributed by atoms with Crippen molar-refractivity contribution in [3.8, 4) is 11.5 Å². The van der Waals surface area contributed by atoms with E-state index in [1.807, 2.05) is 60.6 Å². The molecule has 0 unspecified atom stereocenters. The number of nitrogens with one attached hydrogen (secondary N) is 1. The van der Waals surface area contributed by atoms with Gasteiger partial charge in [-0.25, -0.2) is 0 Å². The number of methoxy groups -OCH3 is 2. The highest BCUT2D eigenvalue weighted by Gasteiger charge is 2.13. The van der Waals surface area contributed by atoms with Crippen LogP contribution in [0.2, 0.25) is 0 Å². The number of rotatable bonds is 8. The summed E-state index contributed by atoms with van der Waals surface area (Å²) in [6.07, 6.45) is 4.12. The number of nitrogens with zero attached hydrogens (tertiary/aromatic N) is 1. The number of aromatic amines is 1. The number of aromatic nitrogens is 1. The number of benzene rings is 2. The highest BCUT2D eigenvalue weighted by Crippen LogP contribution is 2.28. The number of aryl methyl sites for hydroxylation is 1. The SMILES string of the molecule is COc1ccc(CCCN(C)C(=O)Cc2c[nH]c3ccccc23)cc1OC. The maximum Gasteiger partial charge on any atom is 0.226 e. The maximum absolute atomic E-state index is 12.6. The lowest BCUT2D eigenvalue weighted by atomic mass is 10.1. The summed E-state index contributed by atoms with van der Waals surface area (Å²) < 4.78 is 10.6. The fourth-order valence-corrected chi connectivity index (χ4v) is 3.26. The average molecular weight is 366 g/mol. The normalized spacial score (nSPS) is 10.8. The Balaban J connectivity index is 1.53. The van der Waals surface area contributed by atoms with Gasteiger partial charge in [-0.15, -0.1) is 0 Å². The van der Waals surface area contributed by atoms with Crippen LogP contribution in [0.15, 0.2) is 48.7 Å². The standard InChI is InChI=1S/C22H26N2O3/c1-24(12-6-7-16-10-11-20(26-2)21(13-16)27-3)22(25)14-17-15-23-19-9-5-4-8-18(17)19/h4-5,8-11,13,15,23H,6-7,12,14H2,1-3H3. The number of fused-ring (bicyclic) bond motifs is 1. The molecule has 3 aromatic rings. The number of carbonyl (C=O) groups is 1. The molecule has 0 fully saturated rings. The van der Waals surface area contributed by atoms with Crippen LogP contribution in [0, 0.1) is 0 Å². The van der Waals surface area contributed by atoms with E-state index >= 15 is 0 Å². The quantitative estimate of drug-likeness (QED) is 0.659. The van der Waals surface area contributed by atoms with Crippen LogP contribution >= 0.6 is 0 Å². The number of amides is 1. The molecule has 0 saturated carbocycles. The van der Waals surface area contributed by atoms with Crippen molar-refractivity contribution in [1.29, 1.82) is 0 Å². The zero-order valence-electron chi connectivity index (χ0n) is 16.1. The smallest absolute Gasteiger partial charge is 0.226 e. The molecular weight excluding hydrogens is 340 g/mol. The van der Waals surface area contributed by atoms with E-state index in [4.69, 9.17) is 9.47 Å². The minimum atomic E-state index is 0.132. The van der Waals surface area contributed by atoms with Gasteiger partial charge < -0.3 is 19.4 Å².